The molecule has 1 aliphatic rings. The van der Waals surface area contributed by atoms with Crippen molar-refractivity contribution in [3.8, 4) is 5.75 Å². The molecule has 0 unspecified atom stereocenters. The largest absolute Gasteiger partial charge is 0.494 e. The molecule has 5 nitrogen and oxygen atoms in total. The van der Waals surface area contributed by atoms with E-state index in [2.05, 4.69) is 20.9 Å². The zero-order chi connectivity index (χ0) is 17.8. The van der Waals surface area contributed by atoms with Gasteiger partial charge in [0.25, 0.3) is 5.91 Å². The van der Waals surface area contributed by atoms with Crippen molar-refractivity contribution in [2.45, 2.75) is 13.8 Å². The Morgan fingerprint density at radius 3 is 2.60 bits per heavy atom. The number of amidine groups is 1. The summed E-state index contributed by atoms with van der Waals surface area (Å²) in [7, 11) is 0. The Morgan fingerprint density at radius 1 is 1.24 bits per heavy atom. The Bertz CT molecular complexity index is 827. The average molecular weight is 421 g/mol. The normalized spacial score (nSPS) is 17.7. The van der Waals surface area contributed by atoms with Crippen LogP contribution in [0.5, 0.6) is 5.75 Å². The third-order valence-corrected chi connectivity index (χ3v) is 4.88. The summed E-state index contributed by atoms with van der Waals surface area (Å²) in [5, 5.41) is 0.661. The number of carbonyl (C=O) groups is 1. The summed E-state index contributed by atoms with van der Waals surface area (Å²) in [5.41, 5.74) is 0.777. The van der Waals surface area contributed by atoms with Crippen LogP contribution in [0.15, 0.2) is 55.4 Å². The van der Waals surface area contributed by atoms with Crippen molar-refractivity contribution in [1.29, 1.82) is 0 Å². The Morgan fingerprint density at radius 2 is 2.00 bits per heavy atom. The van der Waals surface area contributed by atoms with Crippen LogP contribution in [0.4, 0.5) is 5.69 Å². The maximum atomic E-state index is 12.6. The Labute approximate surface area is 158 Å². The predicted molar refractivity (Wildman–Crippen MR) is 104 cm³/mol. The summed E-state index contributed by atoms with van der Waals surface area (Å²) in [6.45, 7) is 5.05. The van der Waals surface area contributed by atoms with Crippen LogP contribution in [0.3, 0.4) is 0 Å². The highest BCUT2D eigenvalue weighted by Gasteiger charge is 2.32. The van der Waals surface area contributed by atoms with Gasteiger partial charge in [0.1, 0.15) is 11.5 Å². The van der Waals surface area contributed by atoms with Crippen LogP contribution in [0.25, 0.3) is 6.08 Å². The zero-order valence-electron chi connectivity index (χ0n) is 13.9. The SMILES string of the molecule is CCOc1ccc(N=C2S/C(=C/c3ccc(Br)o3)C(=O)N2CC)cc1. The lowest BCUT2D eigenvalue weighted by Gasteiger charge is -2.12. The van der Waals surface area contributed by atoms with E-state index in [0.29, 0.717) is 33.7 Å². The van der Waals surface area contributed by atoms with Crippen LogP contribution in [0.2, 0.25) is 0 Å². The summed E-state index contributed by atoms with van der Waals surface area (Å²) in [4.78, 5) is 19.4. The molecule has 2 heterocycles. The van der Waals surface area contributed by atoms with Crippen molar-refractivity contribution in [2.24, 2.45) is 4.99 Å². The fourth-order valence-electron chi connectivity index (χ4n) is 2.30. The Hall–Kier alpha value is -1.99. The molecule has 1 aliphatic heterocycles. The molecule has 1 aromatic carbocycles. The van der Waals surface area contributed by atoms with E-state index in [1.807, 2.05) is 44.2 Å². The number of likely N-dealkylation sites (N-methyl/N-ethyl adjacent to an activating group) is 1. The minimum atomic E-state index is -0.0651. The van der Waals surface area contributed by atoms with Gasteiger partial charge in [0.05, 0.1) is 17.2 Å². The Balaban J connectivity index is 1.85. The minimum Gasteiger partial charge on any atom is -0.494 e. The summed E-state index contributed by atoms with van der Waals surface area (Å²) in [5.74, 6) is 1.36. The van der Waals surface area contributed by atoms with E-state index in [1.54, 1.807) is 17.0 Å². The maximum Gasteiger partial charge on any atom is 0.266 e. The van der Waals surface area contributed by atoms with Gasteiger partial charge in [-0.3, -0.25) is 9.69 Å². The van der Waals surface area contributed by atoms with Gasteiger partial charge in [-0.05, 0) is 77.9 Å². The molecule has 1 saturated heterocycles. The number of aliphatic imine (C=N–C) groups is 1. The van der Waals surface area contributed by atoms with E-state index in [9.17, 15) is 4.79 Å². The number of carbonyl (C=O) groups excluding carboxylic acids is 1. The smallest absolute Gasteiger partial charge is 0.266 e. The molecular weight excluding hydrogens is 404 g/mol. The van der Waals surface area contributed by atoms with Crippen LogP contribution in [0.1, 0.15) is 19.6 Å². The molecule has 0 radical (unpaired) electrons. The minimum absolute atomic E-state index is 0.0651. The van der Waals surface area contributed by atoms with Crippen molar-refractivity contribution in [3.05, 3.63) is 51.7 Å². The van der Waals surface area contributed by atoms with E-state index in [-0.39, 0.29) is 5.91 Å². The molecule has 3 rings (SSSR count). The van der Waals surface area contributed by atoms with Gasteiger partial charge in [0.15, 0.2) is 9.84 Å². The van der Waals surface area contributed by atoms with E-state index >= 15 is 0 Å². The number of amides is 1. The molecule has 1 fully saturated rings. The fraction of sp³-hybridized carbons (Fsp3) is 0.222. The van der Waals surface area contributed by atoms with Crippen molar-refractivity contribution >= 4 is 50.5 Å². The van der Waals surface area contributed by atoms with Crippen molar-refractivity contribution in [2.75, 3.05) is 13.2 Å². The molecule has 0 N–H and O–H groups in total. The van der Waals surface area contributed by atoms with Crippen molar-refractivity contribution < 1.29 is 13.9 Å². The number of hydrogen-bond acceptors (Lipinski definition) is 5. The maximum absolute atomic E-state index is 12.6. The summed E-state index contributed by atoms with van der Waals surface area (Å²) >= 11 is 4.61. The quantitative estimate of drug-likeness (QED) is 0.633. The van der Waals surface area contributed by atoms with Gasteiger partial charge in [-0.2, -0.15) is 0 Å². The van der Waals surface area contributed by atoms with Crippen LogP contribution in [0, 0.1) is 0 Å². The van der Waals surface area contributed by atoms with Gasteiger partial charge >= 0.3 is 0 Å². The number of nitrogens with zero attached hydrogens (tertiary/aromatic N) is 2. The standard InChI is InChI=1S/C18H17BrN2O3S/c1-3-21-17(22)15(11-14-9-10-16(19)24-14)25-18(21)20-12-5-7-13(8-6-12)23-4-2/h5-11H,3-4H2,1-2H3/b15-11+,20-18?. The summed E-state index contributed by atoms with van der Waals surface area (Å²) in [6, 6.07) is 11.1. The van der Waals surface area contributed by atoms with Gasteiger partial charge in [0, 0.05) is 12.6 Å². The number of benzene rings is 1. The lowest BCUT2D eigenvalue weighted by molar-refractivity contribution is -0.122. The van der Waals surface area contributed by atoms with E-state index in [1.165, 1.54) is 11.8 Å². The monoisotopic (exact) mass is 420 g/mol. The number of ether oxygens (including phenoxy) is 1. The second-order valence-electron chi connectivity index (χ2n) is 5.12. The van der Waals surface area contributed by atoms with E-state index in [4.69, 9.17) is 9.15 Å². The molecule has 0 saturated carbocycles. The van der Waals surface area contributed by atoms with Crippen molar-refractivity contribution in [3.63, 3.8) is 0 Å². The predicted octanol–water partition coefficient (Wildman–Crippen LogP) is 5.06. The third kappa shape index (κ3) is 4.16. The van der Waals surface area contributed by atoms with Gasteiger partial charge in [0.2, 0.25) is 0 Å². The van der Waals surface area contributed by atoms with Crippen LogP contribution < -0.4 is 4.74 Å². The second kappa shape index (κ2) is 7.93. The first-order chi connectivity index (χ1) is 12.1. The van der Waals surface area contributed by atoms with Crippen molar-refractivity contribution in [1.82, 2.24) is 4.90 Å². The molecular formula is C18H17BrN2O3S. The Kier molecular flexibility index (Phi) is 5.65. The van der Waals surface area contributed by atoms with Gasteiger partial charge < -0.3 is 9.15 Å². The van der Waals surface area contributed by atoms with Crippen LogP contribution in [-0.2, 0) is 4.79 Å². The summed E-state index contributed by atoms with van der Waals surface area (Å²) < 4.78 is 11.5. The summed E-state index contributed by atoms with van der Waals surface area (Å²) in [6.07, 6.45) is 1.74. The first-order valence-electron chi connectivity index (χ1n) is 7.89. The third-order valence-electron chi connectivity index (χ3n) is 3.44. The zero-order valence-corrected chi connectivity index (χ0v) is 16.3. The number of halogens is 1. The molecule has 7 heteroatoms. The highest BCUT2D eigenvalue weighted by molar-refractivity contribution is 9.10. The molecule has 130 valence electrons. The first-order valence-corrected chi connectivity index (χ1v) is 9.50. The molecule has 0 bridgehead atoms. The molecule has 1 aromatic heterocycles. The molecule has 2 aromatic rings. The molecule has 0 spiro atoms. The molecule has 1 amide bonds. The lowest BCUT2D eigenvalue weighted by atomic mass is 10.3. The molecule has 0 atom stereocenters. The fourth-order valence-corrected chi connectivity index (χ4v) is 3.66. The number of rotatable bonds is 5. The first kappa shape index (κ1) is 17.8. The van der Waals surface area contributed by atoms with Gasteiger partial charge in [-0.15, -0.1) is 0 Å². The van der Waals surface area contributed by atoms with Gasteiger partial charge in [-0.25, -0.2) is 4.99 Å². The topological polar surface area (TPSA) is 55.0 Å². The van der Waals surface area contributed by atoms with E-state index in [0.717, 1.165) is 11.4 Å². The highest BCUT2D eigenvalue weighted by atomic mass is 79.9. The molecule has 25 heavy (non-hydrogen) atoms. The number of hydrogen-bond donors (Lipinski definition) is 0. The van der Waals surface area contributed by atoms with Crippen LogP contribution in [-0.4, -0.2) is 29.1 Å². The van der Waals surface area contributed by atoms with Gasteiger partial charge in [-0.1, -0.05) is 0 Å². The number of furan rings is 1. The number of thioether (sulfide) groups is 1. The second-order valence-corrected chi connectivity index (χ2v) is 6.91. The van der Waals surface area contributed by atoms with Crippen LogP contribution >= 0.6 is 27.7 Å². The molecule has 0 aliphatic carbocycles. The highest BCUT2D eigenvalue weighted by Crippen LogP contribution is 2.34. The lowest BCUT2D eigenvalue weighted by Crippen LogP contribution is -2.28. The average Bonchev–Trinajstić information content (AvgIpc) is 3.13. The van der Waals surface area contributed by atoms with E-state index < -0.39 is 0 Å².